The second-order valence-corrected chi connectivity index (χ2v) is 14.8. The van der Waals surface area contributed by atoms with Crippen LogP contribution in [0.25, 0.3) is 0 Å². The second-order valence-electron chi connectivity index (χ2n) is 14.8. The number of carboxylic acids is 1. The number of hydrogen-bond acceptors (Lipinski definition) is 8. The van der Waals surface area contributed by atoms with E-state index < -0.39 is 59.4 Å². The summed E-state index contributed by atoms with van der Waals surface area (Å²) in [5.74, 6) is -2.89. The molecule has 0 radical (unpaired) electrons. The lowest BCUT2D eigenvalue weighted by Crippen LogP contribution is -2.61. The van der Waals surface area contributed by atoms with Crippen LogP contribution in [0.15, 0.2) is 0 Å². The molecule has 2 N–H and O–H groups in total. The zero-order valence-corrected chi connectivity index (χ0v) is 31.9. The molecular formula is C35H64N4O9. The number of carboxylic acid groups (broad SMARTS) is 1. The Kier molecular flexibility index (Phi) is 16.3. The first-order valence-electron chi connectivity index (χ1n) is 17.3. The summed E-state index contributed by atoms with van der Waals surface area (Å²) in [5.41, 5.74) is -2.27. The average Bonchev–Trinajstić information content (AvgIpc) is 3.49. The van der Waals surface area contributed by atoms with Crippen molar-refractivity contribution in [2.75, 3.05) is 34.9 Å². The van der Waals surface area contributed by atoms with Gasteiger partial charge < -0.3 is 34.4 Å². The normalized spacial score (nSPS) is 19.6. The van der Waals surface area contributed by atoms with E-state index in [1.165, 1.54) is 26.2 Å². The van der Waals surface area contributed by atoms with Crippen molar-refractivity contribution in [1.82, 2.24) is 20.0 Å². The molecule has 1 saturated heterocycles. The van der Waals surface area contributed by atoms with Crippen molar-refractivity contribution in [3.05, 3.63) is 0 Å². The number of nitrogens with one attached hydrogen (secondary N) is 1. The van der Waals surface area contributed by atoms with Crippen molar-refractivity contribution in [2.24, 2.45) is 17.8 Å². The van der Waals surface area contributed by atoms with Crippen LogP contribution < -0.4 is 5.32 Å². The number of likely N-dealkylation sites (tertiary alicyclic amines) is 1. The summed E-state index contributed by atoms with van der Waals surface area (Å²) in [6, 6.07) is -3.00. The Morgan fingerprint density at radius 3 is 1.96 bits per heavy atom. The summed E-state index contributed by atoms with van der Waals surface area (Å²) in [4.78, 5) is 71.4. The maximum absolute atomic E-state index is 14.2. The predicted octanol–water partition coefficient (Wildman–Crippen LogP) is 4.17. The van der Waals surface area contributed by atoms with Crippen molar-refractivity contribution < 1.29 is 43.3 Å². The van der Waals surface area contributed by atoms with Gasteiger partial charge in [0.15, 0.2) is 5.60 Å². The molecule has 1 rings (SSSR count). The van der Waals surface area contributed by atoms with Gasteiger partial charge in [-0.05, 0) is 57.8 Å². The fourth-order valence-electron chi connectivity index (χ4n) is 6.81. The lowest BCUT2D eigenvalue weighted by atomic mass is 9.87. The molecule has 0 unspecified atom stereocenters. The Labute approximate surface area is 288 Å². The fraction of sp³-hybridized carbons (Fsp3) is 0.857. The van der Waals surface area contributed by atoms with Gasteiger partial charge in [-0.1, -0.05) is 54.9 Å². The number of carbonyl (C=O) groups is 5. The highest BCUT2D eigenvalue weighted by atomic mass is 16.6. The van der Waals surface area contributed by atoms with Crippen LogP contribution in [0.4, 0.5) is 4.79 Å². The van der Waals surface area contributed by atoms with Crippen molar-refractivity contribution >= 4 is 29.8 Å². The number of methoxy groups -OCH3 is 2. The van der Waals surface area contributed by atoms with Gasteiger partial charge >= 0.3 is 12.1 Å². The summed E-state index contributed by atoms with van der Waals surface area (Å²) >= 11 is 0. The van der Waals surface area contributed by atoms with E-state index in [9.17, 15) is 29.1 Å². The Morgan fingerprint density at radius 2 is 1.54 bits per heavy atom. The number of nitrogens with zero attached hydrogens (tertiary/aromatic N) is 3. The van der Waals surface area contributed by atoms with Gasteiger partial charge in [0.1, 0.15) is 17.7 Å². The molecule has 13 heteroatoms. The minimum atomic E-state index is -1.52. The number of likely N-dealkylation sites (N-methyl/N-ethyl adjacent to an activating group) is 2. The van der Waals surface area contributed by atoms with Crippen molar-refractivity contribution in [3.8, 4) is 0 Å². The van der Waals surface area contributed by atoms with E-state index in [2.05, 4.69) is 5.32 Å². The third-order valence-electron chi connectivity index (χ3n) is 9.67. The molecule has 48 heavy (non-hydrogen) atoms. The van der Waals surface area contributed by atoms with Gasteiger partial charge in [0.25, 0.3) is 0 Å². The second kappa shape index (κ2) is 18.2. The van der Waals surface area contributed by atoms with Gasteiger partial charge in [0.05, 0.1) is 24.6 Å². The first-order valence-corrected chi connectivity index (χ1v) is 17.3. The molecule has 0 aliphatic carbocycles. The lowest BCUT2D eigenvalue weighted by Gasteiger charge is -2.42. The molecule has 0 spiro atoms. The van der Waals surface area contributed by atoms with Crippen molar-refractivity contribution in [3.63, 3.8) is 0 Å². The summed E-state index contributed by atoms with van der Waals surface area (Å²) in [7, 11) is 6.02. The Morgan fingerprint density at radius 1 is 0.958 bits per heavy atom. The lowest BCUT2D eigenvalue weighted by molar-refractivity contribution is -0.173. The zero-order chi connectivity index (χ0) is 37.3. The van der Waals surface area contributed by atoms with Gasteiger partial charge in [0.2, 0.25) is 17.7 Å². The highest BCUT2D eigenvalue weighted by Crippen LogP contribution is 2.34. The van der Waals surface area contributed by atoms with Crippen LogP contribution >= 0.6 is 0 Å². The molecule has 0 bridgehead atoms. The average molecular weight is 685 g/mol. The number of ether oxygens (including phenoxy) is 3. The maximum Gasteiger partial charge on any atom is 0.410 e. The highest BCUT2D eigenvalue weighted by Gasteiger charge is 2.51. The molecule has 1 aliphatic rings. The summed E-state index contributed by atoms with van der Waals surface area (Å²) < 4.78 is 16.9. The highest BCUT2D eigenvalue weighted by molar-refractivity contribution is 5.92. The number of aliphatic carboxylic acids is 1. The van der Waals surface area contributed by atoms with E-state index >= 15 is 0 Å². The van der Waals surface area contributed by atoms with E-state index in [1.807, 2.05) is 41.5 Å². The molecule has 1 heterocycles. The van der Waals surface area contributed by atoms with Crippen LogP contribution in [-0.4, -0.2) is 126 Å². The van der Waals surface area contributed by atoms with E-state index in [0.717, 1.165) is 0 Å². The molecule has 0 aromatic carbocycles. The van der Waals surface area contributed by atoms with E-state index in [-0.39, 0.29) is 42.4 Å². The molecule has 13 nitrogen and oxygen atoms in total. The van der Waals surface area contributed by atoms with E-state index in [1.54, 1.807) is 44.5 Å². The molecule has 1 aliphatic heterocycles. The molecule has 4 amide bonds. The molecule has 1 fully saturated rings. The van der Waals surface area contributed by atoms with Crippen molar-refractivity contribution in [1.29, 1.82) is 0 Å². The third-order valence-corrected chi connectivity index (χ3v) is 9.67. The van der Waals surface area contributed by atoms with E-state index in [0.29, 0.717) is 25.8 Å². The largest absolute Gasteiger partial charge is 0.479 e. The van der Waals surface area contributed by atoms with E-state index in [4.69, 9.17) is 14.2 Å². The minimum absolute atomic E-state index is 0.0719. The SMILES string of the molecule is CC[C@H](C)[C@@H]([C@@H](CC(=O)N1CCC[C@H]1[C@@](CC)(OC)C(=O)O)OC)N(C)C(=O)[C@@H](NC(=O)[C@H](C(C)C)N(C)C(=O)OC(C)(C)C)C(C)C. The van der Waals surface area contributed by atoms with Crippen LogP contribution in [0.1, 0.15) is 101 Å². The van der Waals surface area contributed by atoms with Crippen LogP contribution in [-0.2, 0) is 33.4 Å². The fourth-order valence-corrected chi connectivity index (χ4v) is 6.81. The molecule has 278 valence electrons. The monoisotopic (exact) mass is 684 g/mol. The zero-order valence-electron chi connectivity index (χ0n) is 31.9. The Bertz CT molecular complexity index is 1100. The third kappa shape index (κ3) is 10.3. The van der Waals surface area contributed by atoms with Gasteiger partial charge in [-0.15, -0.1) is 0 Å². The Balaban J connectivity index is 3.36. The van der Waals surface area contributed by atoms with Crippen LogP contribution in [0.2, 0.25) is 0 Å². The quantitative estimate of drug-likeness (QED) is 0.230. The minimum Gasteiger partial charge on any atom is -0.479 e. The van der Waals surface area contributed by atoms with Crippen LogP contribution in [0.5, 0.6) is 0 Å². The molecule has 0 saturated carbocycles. The first-order chi connectivity index (χ1) is 22.1. The van der Waals surface area contributed by atoms with Crippen molar-refractivity contribution in [2.45, 2.75) is 143 Å². The number of amides is 4. The number of rotatable bonds is 17. The van der Waals surface area contributed by atoms with Crippen LogP contribution in [0, 0.1) is 17.8 Å². The summed E-state index contributed by atoms with van der Waals surface area (Å²) in [5, 5.41) is 13.0. The standard InChI is InChI=1S/C35H64N4O9/c1-15-23(7)29(24(46-13)20-26(40)39-19-17-18-25(39)35(16-2,47-14)32(43)44)37(11)31(42)27(21(3)4)36-30(41)28(22(5)6)38(12)33(45)48-34(8,9)10/h21-25,27-29H,15-20H2,1-14H3,(H,36,41)(H,43,44)/t23-,24+,25-,27-,28-,29-,35+/m0/s1. The summed E-state index contributed by atoms with van der Waals surface area (Å²) in [6.07, 6.45) is 0.598. The molecular weight excluding hydrogens is 620 g/mol. The first kappa shape index (κ1) is 43.1. The van der Waals surface area contributed by atoms with Gasteiger partial charge in [-0.2, -0.15) is 0 Å². The summed E-state index contributed by atoms with van der Waals surface area (Å²) in [6.45, 7) is 18.7. The Hall–Kier alpha value is -2.93. The van der Waals surface area contributed by atoms with Gasteiger partial charge in [0, 0.05) is 34.9 Å². The molecule has 0 aromatic heterocycles. The molecule has 7 atom stereocenters. The predicted molar refractivity (Wildman–Crippen MR) is 183 cm³/mol. The maximum atomic E-state index is 14.2. The topological polar surface area (TPSA) is 155 Å². The van der Waals surface area contributed by atoms with Gasteiger partial charge in [-0.3, -0.25) is 19.3 Å². The van der Waals surface area contributed by atoms with Crippen LogP contribution in [0.3, 0.4) is 0 Å². The number of carbonyl (C=O) groups excluding carboxylic acids is 4. The molecule has 0 aromatic rings. The number of hydrogen-bond donors (Lipinski definition) is 2. The smallest absolute Gasteiger partial charge is 0.410 e. The van der Waals surface area contributed by atoms with Gasteiger partial charge in [-0.25, -0.2) is 9.59 Å².